The Morgan fingerprint density at radius 1 is 0.915 bits per heavy atom. The van der Waals surface area contributed by atoms with Crippen LogP contribution in [-0.4, -0.2) is 84.0 Å². The van der Waals surface area contributed by atoms with Crippen molar-refractivity contribution in [1.29, 1.82) is 0 Å². The zero-order valence-electron chi connectivity index (χ0n) is 33.7. The predicted octanol–water partition coefficient (Wildman–Crippen LogP) is 3.52. The highest BCUT2D eigenvalue weighted by Gasteiger charge is 2.22. The van der Waals surface area contributed by atoms with Gasteiger partial charge >= 0.3 is 6.09 Å². The molecule has 0 saturated carbocycles. The van der Waals surface area contributed by atoms with Gasteiger partial charge in [0.2, 0.25) is 17.8 Å². The molecule has 0 aliphatic rings. The van der Waals surface area contributed by atoms with Crippen LogP contribution < -0.4 is 42.6 Å². The second-order valence-electron chi connectivity index (χ2n) is 14.1. The van der Waals surface area contributed by atoms with Crippen LogP contribution in [0.4, 0.5) is 22.1 Å². The van der Waals surface area contributed by atoms with Crippen LogP contribution in [0.5, 0.6) is 11.5 Å². The summed E-state index contributed by atoms with van der Waals surface area (Å²) in [6.45, 7) is 10.6. The van der Waals surface area contributed by atoms with E-state index < -0.39 is 29.4 Å². The highest BCUT2D eigenvalue weighted by Crippen LogP contribution is 2.33. The molecule has 0 fully saturated rings. The first-order valence-corrected chi connectivity index (χ1v) is 18.6. The molecule has 4 amide bonds. The molecule has 0 aliphatic heterocycles. The third kappa shape index (κ3) is 11.1. The van der Waals surface area contributed by atoms with Gasteiger partial charge in [-0.15, -0.1) is 0 Å². The fourth-order valence-corrected chi connectivity index (χ4v) is 5.80. The number of ether oxygens (including phenoxy) is 3. The van der Waals surface area contributed by atoms with E-state index in [4.69, 9.17) is 31.4 Å². The maximum atomic E-state index is 13.4. The van der Waals surface area contributed by atoms with Gasteiger partial charge in [-0.25, -0.2) is 9.78 Å². The van der Waals surface area contributed by atoms with Gasteiger partial charge < -0.3 is 46.6 Å². The van der Waals surface area contributed by atoms with Crippen LogP contribution in [0.15, 0.2) is 60.8 Å². The van der Waals surface area contributed by atoms with E-state index in [1.807, 2.05) is 19.1 Å². The van der Waals surface area contributed by atoms with Gasteiger partial charge in [-0.3, -0.25) is 24.4 Å². The molecular weight excluding hydrogens is 763 g/mol. The first-order chi connectivity index (χ1) is 28.1. The second kappa shape index (κ2) is 18.7. The van der Waals surface area contributed by atoms with E-state index in [1.54, 1.807) is 61.4 Å². The van der Waals surface area contributed by atoms with Gasteiger partial charge in [-0.2, -0.15) is 20.1 Å². The SMILES string of the molecule is CCn1nc(C)cc1C(=O)Nc1nc2cc(C(N)=O)cc(OC)c2n1C/C=C/CNc1c(N)cc(C(N)=O)cc1OC/C=C/Cn1ncc(CNC(=O)OC(C)(C)C)n1. The summed E-state index contributed by atoms with van der Waals surface area (Å²) >= 11 is 0. The molecule has 9 N–H and O–H groups in total. The lowest BCUT2D eigenvalue weighted by Gasteiger charge is -2.19. The van der Waals surface area contributed by atoms with Gasteiger partial charge in [0.25, 0.3) is 5.91 Å². The number of allylic oxidation sites excluding steroid dienone is 2. The third-order valence-electron chi connectivity index (χ3n) is 8.41. The van der Waals surface area contributed by atoms with Crippen LogP contribution in [0, 0.1) is 6.92 Å². The topological polar surface area (TPSA) is 276 Å². The minimum Gasteiger partial charge on any atom is -0.494 e. The van der Waals surface area contributed by atoms with Crippen molar-refractivity contribution < 1.29 is 33.4 Å². The number of hydrogen-bond acceptors (Lipinski definition) is 13. The number of carbonyl (C=O) groups is 4. The molecule has 0 saturated heterocycles. The van der Waals surface area contributed by atoms with Crippen LogP contribution in [0.3, 0.4) is 0 Å². The van der Waals surface area contributed by atoms with E-state index in [2.05, 4.69) is 36.2 Å². The number of aromatic nitrogens is 7. The molecule has 59 heavy (non-hydrogen) atoms. The first kappa shape index (κ1) is 42.8. The van der Waals surface area contributed by atoms with E-state index >= 15 is 0 Å². The number of amides is 4. The molecular formula is C39H49N13O7. The summed E-state index contributed by atoms with van der Waals surface area (Å²) in [5.41, 5.74) is 20.4. The smallest absolute Gasteiger partial charge is 0.407 e. The van der Waals surface area contributed by atoms with E-state index in [-0.39, 0.29) is 49.0 Å². The van der Waals surface area contributed by atoms with Gasteiger partial charge in [0.1, 0.15) is 46.3 Å². The Kier molecular flexibility index (Phi) is 13.6. The first-order valence-electron chi connectivity index (χ1n) is 18.6. The van der Waals surface area contributed by atoms with Crippen molar-refractivity contribution in [3.05, 3.63) is 89.0 Å². The van der Waals surface area contributed by atoms with Gasteiger partial charge in [0, 0.05) is 30.8 Å². The Balaban J connectivity index is 1.26. The number of hydrogen-bond donors (Lipinski definition) is 6. The van der Waals surface area contributed by atoms with Crippen molar-refractivity contribution in [2.75, 3.05) is 36.6 Å². The number of imidazole rings is 1. The standard InChI is InChI=1S/C39H49N13O7/c1-7-51-29(16-23(2)48-51)36(55)47-37-46-28-18-25(35(42)54)20-31(57-6)33(28)50(37)13-9-8-12-43-32-27(40)17-24(34(41)53)19-30(32)58-15-11-10-14-52-45-22-26(49-52)21-44-38(56)59-39(3,4)5/h8-11,16-20,22,43H,7,12-15,21,40H2,1-6H3,(H2,41,53)(H2,42,54)(H,44,56)(H,46,47,55)/b9-8+,11-10+. The Labute approximate surface area is 339 Å². The second-order valence-corrected chi connectivity index (χ2v) is 14.1. The monoisotopic (exact) mass is 811 g/mol. The number of anilines is 3. The van der Waals surface area contributed by atoms with Crippen molar-refractivity contribution in [2.45, 2.75) is 66.4 Å². The molecule has 0 bridgehead atoms. The Bertz CT molecular complexity index is 2400. The number of primary amides is 2. The molecule has 0 spiro atoms. The average molecular weight is 812 g/mol. The number of fused-ring (bicyclic) bond motifs is 1. The average Bonchev–Trinajstić information content (AvgIpc) is 3.89. The lowest BCUT2D eigenvalue weighted by Crippen LogP contribution is -2.32. The predicted molar refractivity (Wildman–Crippen MR) is 220 cm³/mol. The molecule has 0 unspecified atom stereocenters. The van der Waals surface area contributed by atoms with Crippen molar-refractivity contribution in [1.82, 2.24) is 39.6 Å². The summed E-state index contributed by atoms with van der Waals surface area (Å²) in [4.78, 5) is 55.6. The van der Waals surface area contributed by atoms with Gasteiger partial charge in [0.05, 0.1) is 43.3 Å². The molecule has 5 aromatic rings. The quantitative estimate of drug-likeness (QED) is 0.0547. The van der Waals surface area contributed by atoms with Crippen molar-refractivity contribution in [3.63, 3.8) is 0 Å². The molecule has 5 rings (SSSR count). The lowest BCUT2D eigenvalue weighted by atomic mass is 10.1. The Morgan fingerprint density at radius 2 is 1.63 bits per heavy atom. The van der Waals surface area contributed by atoms with Crippen LogP contribution >= 0.6 is 0 Å². The number of rotatable bonds is 18. The molecule has 0 atom stereocenters. The Hall–Kier alpha value is -7.38. The van der Waals surface area contributed by atoms with E-state index in [1.165, 1.54) is 36.2 Å². The van der Waals surface area contributed by atoms with Crippen LogP contribution in [0.2, 0.25) is 0 Å². The van der Waals surface area contributed by atoms with Crippen molar-refractivity contribution in [3.8, 4) is 11.5 Å². The minimum absolute atomic E-state index is 0.112. The number of benzene rings is 2. The fourth-order valence-electron chi connectivity index (χ4n) is 5.80. The largest absolute Gasteiger partial charge is 0.494 e. The van der Waals surface area contributed by atoms with Crippen LogP contribution in [0.1, 0.15) is 70.3 Å². The fraction of sp³-hybridized carbons (Fsp3) is 0.333. The number of nitrogens with one attached hydrogen (secondary N) is 3. The van der Waals surface area contributed by atoms with Gasteiger partial charge in [0.15, 0.2) is 0 Å². The molecule has 20 heteroatoms. The molecule has 0 aliphatic carbocycles. The third-order valence-corrected chi connectivity index (χ3v) is 8.41. The maximum Gasteiger partial charge on any atom is 0.407 e. The molecule has 20 nitrogen and oxygen atoms in total. The van der Waals surface area contributed by atoms with Crippen molar-refractivity contribution in [2.24, 2.45) is 11.5 Å². The van der Waals surface area contributed by atoms with Crippen molar-refractivity contribution >= 4 is 52.2 Å². The number of nitrogen functional groups attached to an aromatic ring is 1. The van der Waals surface area contributed by atoms with E-state index in [9.17, 15) is 19.2 Å². The number of nitrogens with two attached hydrogens (primary N) is 3. The summed E-state index contributed by atoms with van der Waals surface area (Å²) in [6, 6.07) is 7.70. The number of aryl methyl sites for hydroxylation is 2. The lowest BCUT2D eigenvalue weighted by molar-refractivity contribution is 0.0522. The van der Waals surface area contributed by atoms with E-state index in [0.717, 1.165) is 0 Å². The molecule has 3 aromatic heterocycles. The zero-order valence-corrected chi connectivity index (χ0v) is 33.7. The van der Waals surface area contributed by atoms with Crippen LogP contribution in [0.25, 0.3) is 11.0 Å². The maximum absolute atomic E-state index is 13.4. The number of nitrogens with zero attached hydrogens (tertiary/aromatic N) is 7. The number of alkyl carbamates (subject to hydrolysis) is 1. The summed E-state index contributed by atoms with van der Waals surface area (Å²) < 4.78 is 20.2. The zero-order chi connectivity index (χ0) is 42.9. The number of methoxy groups -OCH3 is 1. The molecule has 2 aromatic carbocycles. The van der Waals surface area contributed by atoms with Gasteiger partial charge in [-0.1, -0.05) is 18.2 Å². The summed E-state index contributed by atoms with van der Waals surface area (Å²) in [5.74, 6) is -0.911. The number of carbonyl (C=O) groups excluding carboxylic acids is 4. The van der Waals surface area contributed by atoms with Gasteiger partial charge in [-0.05, 0) is 71.0 Å². The highest BCUT2D eigenvalue weighted by atomic mass is 16.6. The normalized spacial score (nSPS) is 11.6. The molecule has 0 radical (unpaired) electrons. The Morgan fingerprint density at radius 3 is 2.32 bits per heavy atom. The van der Waals surface area contributed by atoms with E-state index in [0.29, 0.717) is 58.4 Å². The summed E-state index contributed by atoms with van der Waals surface area (Å²) in [5, 5.41) is 21.7. The molecule has 3 heterocycles. The highest BCUT2D eigenvalue weighted by molar-refractivity contribution is 6.04. The summed E-state index contributed by atoms with van der Waals surface area (Å²) in [6.07, 6.45) is 8.21. The minimum atomic E-state index is -0.673. The summed E-state index contributed by atoms with van der Waals surface area (Å²) in [7, 11) is 1.46. The molecule has 312 valence electrons. The van der Waals surface area contributed by atoms with Crippen LogP contribution in [-0.2, 0) is 30.9 Å².